The number of nitrogens with one attached hydrogen (secondary N) is 2. The lowest BCUT2D eigenvalue weighted by molar-refractivity contribution is -0.121. The topological polar surface area (TPSA) is 108 Å². The summed E-state index contributed by atoms with van der Waals surface area (Å²) < 4.78 is 46.6. The molecule has 2 aromatic carbocycles. The Morgan fingerprint density at radius 1 is 1.07 bits per heavy atom. The van der Waals surface area contributed by atoms with Crippen LogP contribution in [0.25, 0.3) is 0 Å². The van der Waals surface area contributed by atoms with E-state index in [4.69, 9.17) is 16.3 Å². The number of hydrogen-bond acceptors (Lipinski definition) is 6. The Balaban J connectivity index is 1.88. The van der Waals surface area contributed by atoms with E-state index in [-0.39, 0.29) is 22.8 Å². The lowest BCUT2D eigenvalue weighted by Crippen LogP contribution is -2.41. The second-order valence-electron chi connectivity index (χ2n) is 10.6. The van der Waals surface area contributed by atoms with E-state index in [1.165, 1.54) is 38.7 Å². The summed E-state index contributed by atoms with van der Waals surface area (Å²) in [5, 5.41) is 3.16. The minimum Gasteiger partial charge on any atom is -0.484 e. The predicted octanol–water partition coefficient (Wildman–Crippen LogP) is 4.76. The SMILES string of the molecule is CC(C)CN(c1ccc(OCC(=O)NS(=O)(=O)N(C)C)cc1NC(=O)Cc1ccc(Cl)cc1F)C1CCCCC1. The molecule has 0 bridgehead atoms. The Bertz CT molecular complexity index is 1300. The minimum atomic E-state index is -3.95. The molecule has 220 valence electrons. The minimum absolute atomic E-state index is 0.202. The molecule has 0 unspecified atom stereocenters. The van der Waals surface area contributed by atoms with Gasteiger partial charge in [0, 0.05) is 37.8 Å². The van der Waals surface area contributed by atoms with Crippen LogP contribution in [-0.4, -0.2) is 57.8 Å². The average Bonchev–Trinajstić information content (AvgIpc) is 2.88. The molecule has 1 aliphatic carbocycles. The third-order valence-electron chi connectivity index (χ3n) is 6.59. The Kier molecular flexibility index (Phi) is 11.2. The van der Waals surface area contributed by atoms with E-state index >= 15 is 0 Å². The number of hydrogen-bond donors (Lipinski definition) is 2. The quantitative estimate of drug-likeness (QED) is 0.366. The molecule has 0 radical (unpaired) electrons. The summed E-state index contributed by atoms with van der Waals surface area (Å²) in [6.07, 6.45) is 5.32. The number of nitrogens with zero attached hydrogens (tertiary/aromatic N) is 2. The number of ether oxygens (including phenoxy) is 1. The third-order valence-corrected chi connectivity index (χ3v) is 8.27. The first-order chi connectivity index (χ1) is 18.9. The van der Waals surface area contributed by atoms with Gasteiger partial charge in [-0.05, 0) is 48.6 Å². The van der Waals surface area contributed by atoms with Crippen molar-refractivity contribution in [3.63, 3.8) is 0 Å². The Morgan fingerprint density at radius 3 is 2.40 bits per heavy atom. The number of anilines is 2. The van der Waals surface area contributed by atoms with Gasteiger partial charge >= 0.3 is 10.2 Å². The van der Waals surface area contributed by atoms with Crippen LogP contribution in [-0.2, 0) is 26.2 Å². The maximum Gasteiger partial charge on any atom is 0.303 e. The summed E-state index contributed by atoms with van der Waals surface area (Å²) in [4.78, 5) is 27.6. The molecule has 2 aromatic rings. The van der Waals surface area contributed by atoms with Gasteiger partial charge in [-0.15, -0.1) is 0 Å². The van der Waals surface area contributed by atoms with E-state index in [1.807, 2.05) is 10.8 Å². The second kappa shape index (κ2) is 14.1. The van der Waals surface area contributed by atoms with Crippen molar-refractivity contribution in [1.29, 1.82) is 0 Å². The largest absolute Gasteiger partial charge is 0.484 e. The second-order valence-corrected chi connectivity index (χ2v) is 12.9. The number of halogens is 2. The molecule has 0 aliphatic heterocycles. The molecule has 12 heteroatoms. The van der Waals surface area contributed by atoms with E-state index in [1.54, 1.807) is 12.1 Å². The number of carbonyl (C=O) groups excluding carboxylic acids is 2. The molecule has 1 aliphatic rings. The summed E-state index contributed by atoms with van der Waals surface area (Å²) in [5.74, 6) is -1.22. The monoisotopic (exact) mass is 596 g/mol. The molecule has 2 N–H and O–H groups in total. The van der Waals surface area contributed by atoms with Crippen LogP contribution < -0.4 is 19.7 Å². The zero-order valence-electron chi connectivity index (χ0n) is 23.4. The van der Waals surface area contributed by atoms with Gasteiger partial charge in [0.25, 0.3) is 5.91 Å². The van der Waals surface area contributed by atoms with Crippen molar-refractivity contribution in [2.24, 2.45) is 5.92 Å². The van der Waals surface area contributed by atoms with Gasteiger partial charge < -0.3 is 15.0 Å². The van der Waals surface area contributed by atoms with Crippen molar-refractivity contribution in [2.45, 2.75) is 58.4 Å². The lowest BCUT2D eigenvalue weighted by atomic mass is 9.93. The van der Waals surface area contributed by atoms with Crippen LogP contribution in [0.15, 0.2) is 36.4 Å². The highest BCUT2D eigenvalue weighted by Crippen LogP contribution is 2.36. The molecule has 2 amide bonds. The molecular formula is C28H38ClFN4O5S. The average molecular weight is 597 g/mol. The molecule has 1 fully saturated rings. The lowest BCUT2D eigenvalue weighted by Gasteiger charge is -2.38. The smallest absolute Gasteiger partial charge is 0.303 e. The number of carbonyl (C=O) groups is 2. The predicted molar refractivity (Wildman–Crippen MR) is 155 cm³/mol. The van der Waals surface area contributed by atoms with Gasteiger partial charge in [0.1, 0.15) is 11.6 Å². The molecule has 0 saturated heterocycles. The first-order valence-corrected chi connectivity index (χ1v) is 15.2. The molecule has 9 nitrogen and oxygen atoms in total. The van der Waals surface area contributed by atoms with Gasteiger partial charge in [-0.2, -0.15) is 12.7 Å². The van der Waals surface area contributed by atoms with Crippen LogP contribution in [0.1, 0.15) is 51.5 Å². The molecular weight excluding hydrogens is 559 g/mol. The fourth-order valence-electron chi connectivity index (χ4n) is 4.63. The molecule has 0 spiro atoms. The van der Waals surface area contributed by atoms with Crippen molar-refractivity contribution in [2.75, 3.05) is 37.5 Å². The highest BCUT2D eigenvalue weighted by Gasteiger charge is 2.25. The van der Waals surface area contributed by atoms with Crippen LogP contribution in [0.3, 0.4) is 0 Å². The number of rotatable bonds is 12. The molecule has 0 atom stereocenters. The van der Waals surface area contributed by atoms with Crippen LogP contribution in [0.5, 0.6) is 5.75 Å². The molecule has 1 saturated carbocycles. The Labute approximate surface area is 241 Å². The summed E-state index contributed by atoms with van der Waals surface area (Å²) >= 11 is 5.85. The van der Waals surface area contributed by atoms with E-state index in [9.17, 15) is 22.4 Å². The van der Waals surface area contributed by atoms with E-state index in [0.717, 1.165) is 42.2 Å². The van der Waals surface area contributed by atoms with Gasteiger partial charge in [-0.25, -0.2) is 9.11 Å². The maximum atomic E-state index is 14.4. The Morgan fingerprint density at radius 2 is 1.77 bits per heavy atom. The van der Waals surface area contributed by atoms with E-state index in [2.05, 4.69) is 24.1 Å². The zero-order chi connectivity index (χ0) is 29.4. The van der Waals surface area contributed by atoms with Crippen molar-refractivity contribution in [1.82, 2.24) is 9.03 Å². The first-order valence-electron chi connectivity index (χ1n) is 13.4. The van der Waals surface area contributed by atoms with Gasteiger partial charge in [-0.3, -0.25) is 9.59 Å². The van der Waals surface area contributed by atoms with Gasteiger partial charge in [-0.1, -0.05) is 50.8 Å². The summed E-state index contributed by atoms with van der Waals surface area (Å²) in [7, 11) is -1.35. The summed E-state index contributed by atoms with van der Waals surface area (Å²) in [5.41, 5.74) is 1.47. The highest BCUT2D eigenvalue weighted by atomic mass is 35.5. The molecule has 40 heavy (non-hydrogen) atoms. The van der Waals surface area contributed by atoms with Crippen molar-refractivity contribution in [3.8, 4) is 5.75 Å². The first kappa shape index (κ1) is 31.6. The third kappa shape index (κ3) is 9.07. The summed E-state index contributed by atoms with van der Waals surface area (Å²) in [6.45, 7) is 4.49. The maximum absolute atomic E-state index is 14.4. The standard InChI is InChI=1S/C28H38ClFN4O5S/c1-19(2)17-34(22-8-6-5-7-9-22)26-13-12-23(39-18-28(36)32-40(37,38)33(3)4)16-25(26)31-27(35)14-20-10-11-21(29)15-24(20)30/h10-13,15-16,19,22H,5-9,14,17-18H2,1-4H3,(H,31,35)(H,32,36). The number of amides is 2. The number of benzene rings is 2. The zero-order valence-corrected chi connectivity index (χ0v) is 24.9. The Hall–Kier alpha value is -2.89. The fraction of sp³-hybridized carbons (Fsp3) is 0.500. The van der Waals surface area contributed by atoms with Gasteiger partial charge in [0.2, 0.25) is 5.91 Å². The molecule has 0 aromatic heterocycles. The van der Waals surface area contributed by atoms with Crippen LogP contribution in [0, 0.1) is 11.7 Å². The molecule has 3 rings (SSSR count). The van der Waals surface area contributed by atoms with Crippen LogP contribution in [0.4, 0.5) is 15.8 Å². The van der Waals surface area contributed by atoms with Crippen LogP contribution >= 0.6 is 11.6 Å². The van der Waals surface area contributed by atoms with Crippen molar-refractivity contribution < 1.29 is 27.1 Å². The van der Waals surface area contributed by atoms with Gasteiger partial charge in [0.05, 0.1) is 17.8 Å². The normalized spacial score (nSPS) is 14.3. The molecule has 0 heterocycles. The van der Waals surface area contributed by atoms with Crippen molar-refractivity contribution in [3.05, 3.63) is 52.8 Å². The van der Waals surface area contributed by atoms with Crippen LogP contribution in [0.2, 0.25) is 5.02 Å². The van der Waals surface area contributed by atoms with Crippen molar-refractivity contribution >= 4 is 45.0 Å². The van der Waals surface area contributed by atoms with Gasteiger partial charge in [0.15, 0.2) is 6.61 Å². The fourth-order valence-corrected chi connectivity index (χ4v) is 5.32. The van der Waals surface area contributed by atoms with E-state index in [0.29, 0.717) is 17.6 Å². The highest BCUT2D eigenvalue weighted by molar-refractivity contribution is 7.87. The summed E-state index contributed by atoms with van der Waals surface area (Å²) in [6, 6.07) is 9.60. The van der Waals surface area contributed by atoms with E-state index < -0.39 is 34.4 Å².